The molecule has 13 heteroatoms. The average molecular weight is 497 g/mol. The monoisotopic (exact) mass is 497 g/mol. The largest absolute Gasteiger partial charge is 0.416 e. The van der Waals surface area contributed by atoms with Gasteiger partial charge in [0.1, 0.15) is 11.6 Å². The Hall–Kier alpha value is -3.32. The highest BCUT2D eigenvalue weighted by Gasteiger charge is 2.44. The smallest absolute Gasteiger partial charge is 0.339 e. The van der Waals surface area contributed by atoms with Crippen molar-refractivity contribution < 1.29 is 30.8 Å². The van der Waals surface area contributed by atoms with Crippen molar-refractivity contribution in [2.24, 2.45) is 13.0 Å². The average Bonchev–Trinajstić information content (AvgIpc) is 3.41. The number of benzene rings is 1. The van der Waals surface area contributed by atoms with Gasteiger partial charge in [-0.05, 0) is 29.8 Å². The second-order valence-electron chi connectivity index (χ2n) is 7.88. The van der Waals surface area contributed by atoms with Gasteiger partial charge in [-0.1, -0.05) is 12.1 Å². The van der Waals surface area contributed by atoms with Crippen molar-refractivity contribution >= 4 is 21.7 Å². The summed E-state index contributed by atoms with van der Waals surface area (Å²) in [6.07, 6.45) is -1.06. The van der Waals surface area contributed by atoms with Gasteiger partial charge in [0.25, 0.3) is 10.0 Å². The number of nitrogens with one attached hydrogen (secondary N) is 1. The van der Waals surface area contributed by atoms with Crippen LogP contribution in [0, 0.1) is 11.7 Å². The molecule has 0 unspecified atom stereocenters. The zero-order valence-electron chi connectivity index (χ0n) is 17.7. The summed E-state index contributed by atoms with van der Waals surface area (Å²) in [5, 5.41) is 2.16. The zero-order valence-corrected chi connectivity index (χ0v) is 18.5. The number of hydrogen-bond acceptors (Lipinski definition) is 5. The number of carbonyl (C=O) groups excluding carboxylic acids is 1. The van der Waals surface area contributed by atoms with E-state index in [0.717, 1.165) is 16.6 Å². The topological polar surface area (TPSA) is 97.2 Å². The highest BCUT2D eigenvalue weighted by atomic mass is 32.2. The molecule has 180 valence electrons. The molecule has 3 heterocycles. The summed E-state index contributed by atoms with van der Waals surface area (Å²) < 4.78 is 81.2. The van der Waals surface area contributed by atoms with E-state index < -0.39 is 45.3 Å². The summed E-state index contributed by atoms with van der Waals surface area (Å²) in [7, 11) is -2.44. The van der Waals surface area contributed by atoms with Crippen LogP contribution in [-0.4, -0.2) is 46.3 Å². The lowest BCUT2D eigenvalue weighted by Gasteiger charge is -2.18. The van der Waals surface area contributed by atoms with Crippen molar-refractivity contribution in [1.82, 2.24) is 18.8 Å². The number of amides is 1. The fraction of sp³-hybridized carbons (Fsp3) is 0.286. The quantitative estimate of drug-likeness (QED) is 0.547. The summed E-state index contributed by atoms with van der Waals surface area (Å²) in [5.74, 6) is -3.18. The van der Waals surface area contributed by atoms with Crippen LogP contribution in [-0.2, 0) is 28.0 Å². The number of nitrogens with zero attached hydrogens (tertiary/aromatic N) is 4. The number of sulfonamides is 1. The molecule has 1 fully saturated rings. The molecule has 4 rings (SSSR count). The van der Waals surface area contributed by atoms with Crippen LogP contribution in [0.3, 0.4) is 0 Å². The Morgan fingerprint density at radius 2 is 1.82 bits per heavy atom. The molecule has 1 saturated heterocycles. The maximum Gasteiger partial charge on any atom is 0.416 e. The number of anilines is 1. The van der Waals surface area contributed by atoms with Crippen molar-refractivity contribution in [3.63, 3.8) is 0 Å². The van der Waals surface area contributed by atoms with Gasteiger partial charge in [0.15, 0.2) is 5.03 Å². The molecule has 1 amide bonds. The molecule has 2 atom stereocenters. The second kappa shape index (κ2) is 8.80. The lowest BCUT2D eigenvalue weighted by Crippen LogP contribution is -2.32. The van der Waals surface area contributed by atoms with Gasteiger partial charge in [-0.3, -0.25) is 4.79 Å². The minimum atomic E-state index is -4.63. The predicted octanol–water partition coefficient (Wildman–Crippen LogP) is 3.02. The molecule has 0 saturated carbocycles. The number of carbonyl (C=O) groups is 1. The number of imidazole rings is 1. The van der Waals surface area contributed by atoms with Crippen LogP contribution in [0.1, 0.15) is 17.0 Å². The SMILES string of the molecule is Cn1cnc(S(=O)(=O)N2C[C@H](C(=O)Nc3cc(C(F)(F)F)ccn3)[C@@H](c3ccc(F)cc3)C2)c1. The first-order valence-electron chi connectivity index (χ1n) is 10.0. The Morgan fingerprint density at radius 3 is 2.44 bits per heavy atom. The van der Waals surface area contributed by atoms with Crippen LogP contribution >= 0.6 is 0 Å². The van der Waals surface area contributed by atoms with E-state index in [1.54, 1.807) is 7.05 Å². The molecule has 0 aliphatic carbocycles. The third-order valence-electron chi connectivity index (χ3n) is 5.55. The summed E-state index contributed by atoms with van der Waals surface area (Å²) in [6.45, 7) is -0.343. The number of hydrogen-bond donors (Lipinski definition) is 1. The molecular weight excluding hydrogens is 478 g/mol. The van der Waals surface area contributed by atoms with Gasteiger partial charge in [-0.15, -0.1) is 0 Å². The number of halogens is 4. The lowest BCUT2D eigenvalue weighted by atomic mass is 9.88. The molecule has 2 aromatic heterocycles. The van der Waals surface area contributed by atoms with Crippen LogP contribution in [0.4, 0.5) is 23.4 Å². The molecule has 1 aromatic carbocycles. The van der Waals surface area contributed by atoms with E-state index in [9.17, 15) is 30.8 Å². The third kappa shape index (κ3) is 4.80. The molecule has 0 bridgehead atoms. The first-order chi connectivity index (χ1) is 15.9. The van der Waals surface area contributed by atoms with Gasteiger partial charge >= 0.3 is 6.18 Å². The van der Waals surface area contributed by atoms with E-state index in [2.05, 4.69) is 15.3 Å². The standard InChI is InChI=1S/C21H19F4N5O3S/c1-29-11-19(27-12-29)34(32,33)30-9-16(13-2-4-15(22)5-3-13)17(10-30)20(31)28-18-8-14(6-7-26-18)21(23,24)25/h2-8,11-12,16-17H,9-10H2,1H3,(H,26,28,31)/t16-,17+/m1/s1. The van der Waals surface area contributed by atoms with Crippen LogP contribution < -0.4 is 5.32 Å². The Kier molecular flexibility index (Phi) is 6.16. The van der Waals surface area contributed by atoms with E-state index in [4.69, 9.17) is 0 Å². The van der Waals surface area contributed by atoms with E-state index in [0.29, 0.717) is 11.6 Å². The number of aromatic nitrogens is 3. The van der Waals surface area contributed by atoms with Gasteiger partial charge in [-0.25, -0.2) is 22.8 Å². The molecule has 1 aliphatic heterocycles. The van der Waals surface area contributed by atoms with Crippen molar-refractivity contribution in [2.45, 2.75) is 17.1 Å². The van der Waals surface area contributed by atoms with Crippen LogP contribution in [0.5, 0.6) is 0 Å². The fourth-order valence-electron chi connectivity index (χ4n) is 3.83. The van der Waals surface area contributed by atoms with Gasteiger partial charge in [0.05, 0.1) is 17.8 Å². The van der Waals surface area contributed by atoms with Crippen molar-refractivity contribution in [3.8, 4) is 0 Å². The Balaban J connectivity index is 1.64. The van der Waals surface area contributed by atoms with Crippen molar-refractivity contribution in [2.75, 3.05) is 18.4 Å². The van der Waals surface area contributed by atoms with E-state index in [1.807, 2.05) is 0 Å². The summed E-state index contributed by atoms with van der Waals surface area (Å²) in [4.78, 5) is 20.7. The van der Waals surface area contributed by atoms with Crippen LogP contribution in [0.15, 0.2) is 60.1 Å². The number of pyridine rings is 1. The first-order valence-corrected chi connectivity index (χ1v) is 11.5. The van der Waals surface area contributed by atoms with Gasteiger partial charge in [-0.2, -0.15) is 17.5 Å². The maximum absolute atomic E-state index is 13.4. The third-order valence-corrected chi connectivity index (χ3v) is 7.26. The van der Waals surface area contributed by atoms with Gasteiger partial charge in [0.2, 0.25) is 5.91 Å². The number of rotatable bonds is 5. The summed E-state index contributed by atoms with van der Waals surface area (Å²) in [5.41, 5.74) is -0.476. The van der Waals surface area contributed by atoms with Crippen LogP contribution in [0.25, 0.3) is 0 Å². The fourth-order valence-corrected chi connectivity index (χ4v) is 5.28. The lowest BCUT2D eigenvalue weighted by molar-refractivity contribution is -0.137. The van der Waals surface area contributed by atoms with E-state index in [-0.39, 0.29) is 23.9 Å². The van der Waals surface area contributed by atoms with E-state index >= 15 is 0 Å². The highest BCUT2D eigenvalue weighted by molar-refractivity contribution is 7.89. The molecule has 8 nitrogen and oxygen atoms in total. The van der Waals surface area contributed by atoms with Crippen molar-refractivity contribution in [1.29, 1.82) is 0 Å². The molecule has 1 aliphatic rings. The maximum atomic E-state index is 13.4. The molecule has 1 N–H and O–H groups in total. The summed E-state index contributed by atoms with van der Waals surface area (Å²) in [6, 6.07) is 6.73. The Labute approximate surface area is 192 Å². The van der Waals surface area contributed by atoms with Gasteiger partial charge in [0, 0.05) is 38.4 Å². The Morgan fingerprint density at radius 1 is 1.12 bits per heavy atom. The minimum absolute atomic E-state index is 0.0986. The predicted molar refractivity (Wildman–Crippen MR) is 112 cm³/mol. The van der Waals surface area contributed by atoms with E-state index in [1.165, 1.54) is 41.4 Å². The molecule has 0 spiro atoms. The van der Waals surface area contributed by atoms with Gasteiger partial charge < -0.3 is 9.88 Å². The molecular formula is C21H19F4N5O3S. The highest BCUT2D eigenvalue weighted by Crippen LogP contribution is 2.37. The molecule has 0 radical (unpaired) electrons. The van der Waals surface area contributed by atoms with Crippen LogP contribution in [0.2, 0.25) is 0 Å². The second-order valence-corrected chi connectivity index (χ2v) is 9.77. The normalized spacial score (nSPS) is 19.3. The number of aryl methyl sites for hydroxylation is 1. The first kappa shape index (κ1) is 23.8. The Bertz CT molecular complexity index is 1310. The zero-order chi connectivity index (χ0) is 24.7. The minimum Gasteiger partial charge on any atom is -0.339 e. The number of alkyl halides is 3. The van der Waals surface area contributed by atoms with Crippen molar-refractivity contribution in [3.05, 3.63) is 72.1 Å². The molecule has 3 aromatic rings. The summed E-state index contributed by atoms with van der Waals surface area (Å²) >= 11 is 0. The molecule has 34 heavy (non-hydrogen) atoms.